The lowest BCUT2D eigenvalue weighted by Gasteiger charge is -2.23. The van der Waals surface area contributed by atoms with Gasteiger partial charge < -0.3 is 0 Å². The summed E-state index contributed by atoms with van der Waals surface area (Å²) in [5.74, 6) is -1.86. The van der Waals surface area contributed by atoms with E-state index in [1.807, 2.05) is 35.2 Å². The Bertz CT molecular complexity index is 628. The molecule has 1 unspecified atom stereocenters. The molecule has 21 heavy (non-hydrogen) atoms. The number of likely N-dealkylation sites (N-methyl/N-ethyl adjacent to an activating group) is 1. The van der Waals surface area contributed by atoms with Crippen LogP contribution in [0.2, 0.25) is 0 Å². The van der Waals surface area contributed by atoms with Crippen LogP contribution in [0.4, 0.5) is 8.78 Å². The first-order valence-corrected chi connectivity index (χ1v) is 6.72. The summed E-state index contributed by atoms with van der Waals surface area (Å²) >= 11 is 0. The maximum Gasteiger partial charge on any atom is 0.182 e. The number of hydrogen-bond donors (Lipinski definition) is 0. The second-order valence-electron chi connectivity index (χ2n) is 5.07. The molecule has 0 heterocycles. The predicted molar refractivity (Wildman–Crippen MR) is 78.1 cm³/mol. The summed E-state index contributed by atoms with van der Waals surface area (Å²) in [6, 6.07) is 12.2. The minimum atomic E-state index is -0.819. The fourth-order valence-corrected chi connectivity index (χ4v) is 2.12. The fourth-order valence-electron chi connectivity index (χ4n) is 2.12. The van der Waals surface area contributed by atoms with E-state index in [9.17, 15) is 13.6 Å². The van der Waals surface area contributed by atoms with Crippen molar-refractivity contribution in [2.45, 2.75) is 19.5 Å². The van der Waals surface area contributed by atoms with Gasteiger partial charge in [0.25, 0.3) is 0 Å². The van der Waals surface area contributed by atoms with E-state index in [-0.39, 0.29) is 11.3 Å². The molecule has 2 aromatic rings. The van der Waals surface area contributed by atoms with Gasteiger partial charge in [0, 0.05) is 12.6 Å². The molecule has 0 fully saturated rings. The summed E-state index contributed by atoms with van der Waals surface area (Å²) in [7, 11) is 1.80. The van der Waals surface area contributed by atoms with Gasteiger partial charge in [-0.25, -0.2) is 8.78 Å². The smallest absolute Gasteiger partial charge is 0.182 e. The minimum absolute atomic E-state index is 0.0798. The zero-order valence-electron chi connectivity index (χ0n) is 12.0. The molecule has 0 aliphatic rings. The first-order chi connectivity index (χ1) is 9.99. The highest BCUT2D eigenvalue weighted by atomic mass is 19.1. The van der Waals surface area contributed by atoms with E-state index >= 15 is 0 Å². The Morgan fingerprint density at radius 1 is 1.14 bits per heavy atom. The van der Waals surface area contributed by atoms with Gasteiger partial charge in [0.05, 0.1) is 11.6 Å². The van der Waals surface area contributed by atoms with E-state index in [1.54, 1.807) is 14.0 Å². The molecule has 0 saturated heterocycles. The number of hydrogen-bond acceptors (Lipinski definition) is 2. The summed E-state index contributed by atoms with van der Waals surface area (Å²) in [5.41, 5.74) is 0.989. The van der Waals surface area contributed by atoms with Crippen molar-refractivity contribution in [3.8, 4) is 0 Å². The zero-order chi connectivity index (χ0) is 15.4. The van der Waals surface area contributed by atoms with Crippen LogP contribution in [0.5, 0.6) is 0 Å². The Morgan fingerprint density at radius 3 is 2.43 bits per heavy atom. The number of ketones is 1. The Hall–Kier alpha value is -2.07. The second kappa shape index (κ2) is 6.59. The van der Waals surface area contributed by atoms with Crippen molar-refractivity contribution in [3.05, 3.63) is 71.3 Å². The molecule has 2 rings (SSSR count). The lowest BCUT2D eigenvalue weighted by Crippen LogP contribution is -2.36. The van der Waals surface area contributed by atoms with Gasteiger partial charge in [-0.15, -0.1) is 0 Å². The largest absolute Gasteiger partial charge is 0.292 e. The minimum Gasteiger partial charge on any atom is -0.292 e. The van der Waals surface area contributed by atoms with Gasteiger partial charge in [-0.05, 0) is 31.7 Å². The summed E-state index contributed by atoms with van der Waals surface area (Å²) in [6.45, 7) is 2.30. The molecule has 0 aliphatic carbocycles. The van der Waals surface area contributed by atoms with Crippen LogP contribution in [-0.4, -0.2) is 23.8 Å². The van der Waals surface area contributed by atoms with Crippen LogP contribution in [0.3, 0.4) is 0 Å². The third-order valence-electron chi connectivity index (χ3n) is 3.51. The molecule has 0 bridgehead atoms. The first kappa shape index (κ1) is 15.3. The molecule has 0 saturated carbocycles. The van der Waals surface area contributed by atoms with Crippen molar-refractivity contribution < 1.29 is 13.6 Å². The molecular formula is C17H17F2NO. The number of rotatable bonds is 5. The highest BCUT2D eigenvalue weighted by molar-refractivity contribution is 6.00. The third kappa shape index (κ3) is 3.73. The highest BCUT2D eigenvalue weighted by Gasteiger charge is 2.22. The lowest BCUT2D eigenvalue weighted by molar-refractivity contribution is 0.0858. The average molecular weight is 289 g/mol. The van der Waals surface area contributed by atoms with Crippen molar-refractivity contribution in [1.29, 1.82) is 0 Å². The van der Waals surface area contributed by atoms with E-state index in [2.05, 4.69) is 0 Å². The van der Waals surface area contributed by atoms with Gasteiger partial charge in [-0.2, -0.15) is 0 Å². The molecular weight excluding hydrogens is 272 g/mol. The predicted octanol–water partition coefficient (Wildman–Crippen LogP) is 3.67. The Balaban J connectivity index is 2.11. The van der Waals surface area contributed by atoms with E-state index in [0.29, 0.717) is 6.54 Å². The first-order valence-electron chi connectivity index (χ1n) is 6.72. The Kier molecular flexibility index (Phi) is 4.81. The Labute approximate surface area is 123 Å². The summed E-state index contributed by atoms with van der Waals surface area (Å²) in [5, 5.41) is 0. The molecule has 2 aromatic carbocycles. The average Bonchev–Trinajstić information content (AvgIpc) is 2.47. The van der Waals surface area contributed by atoms with Gasteiger partial charge in [-0.3, -0.25) is 9.69 Å². The SMILES string of the molecule is CC(C(=O)c1ccc(F)cc1F)N(C)Cc1ccccc1. The molecule has 0 aromatic heterocycles. The van der Waals surface area contributed by atoms with Crippen LogP contribution < -0.4 is 0 Å². The zero-order valence-corrected chi connectivity index (χ0v) is 12.0. The molecule has 2 nitrogen and oxygen atoms in total. The number of carbonyl (C=O) groups is 1. The van der Waals surface area contributed by atoms with Crippen molar-refractivity contribution in [1.82, 2.24) is 4.90 Å². The van der Waals surface area contributed by atoms with Crippen molar-refractivity contribution in [2.75, 3.05) is 7.05 Å². The van der Waals surface area contributed by atoms with Crippen LogP contribution in [-0.2, 0) is 6.54 Å². The maximum atomic E-state index is 13.7. The quantitative estimate of drug-likeness (QED) is 0.783. The highest BCUT2D eigenvalue weighted by Crippen LogP contribution is 2.15. The number of carbonyl (C=O) groups excluding carboxylic acids is 1. The standard InChI is InChI=1S/C17H17F2NO/c1-12(20(2)11-13-6-4-3-5-7-13)17(21)15-9-8-14(18)10-16(15)19/h3-10,12H,11H2,1-2H3. The number of Topliss-reactive ketones (excluding diaryl/α,β-unsaturated/α-hetero) is 1. The number of benzene rings is 2. The van der Waals surface area contributed by atoms with E-state index < -0.39 is 17.7 Å². The van der Waals surface area contributed by atoms with Gasteiger partial charge in [0.15, 0.2) is 5.78 Å². The number of nitrogens with zero attached hydrogens (tertiary/aromatic N) is 1. The summed E-state index contributed by atoms with van der Waals surface area (Å²) in [4.78, 5) is 14.1. The van der Waals surface area contributed by atoms with E-state index in [0.717, 1.165) is 17.7 Å². The van der Waals surface area contributed by atoms with Crippen LogP contribution >= 0.6 is 0 Å². The monoisotopic (exact) mass is 289 g/mol. The third-order valence-corrected chi connectivity index (χ3v) is 3.51. The van der Waals surface area contributed by atoms with Crippen LogP contribution in [0.1, 0.15) is 22.8 Å². The van der Waals surface area contributed by atoms with Crippen LogP contribution in [0, 0.1) is 11.6 Å². The topological polar surface area (TPSA) is 20.3 Å². The molecule has 0 radical (unpaired) electrons. The van der Waals surface area contributed by atoms with E-state index in [4.69, 9.17) is 0 Å². The summed E-state index contributed by atoms with van der Waals surface area (Å²) < 4.78 is 26.6. The fraction of sp³-hybridized carbons (Fsp3) is 0.235. The second-order valence-corrected chi connectivity index (χ2v) is 5.07. The van der Waals surface area contributed by atoms with Crippen molar-refractivity contribution >= 4 is 5.78 Å². The lowest BCUT2D eigenvalue weighted by atomic mass is 10.0. The molecule has 0 spiro atoms. The van der Waals surface area contributed by atoms with Crippen LogP contribution in [0.25, 0.3) is 0 Å². The number of halogens is 2. The van der Waals surface area contributed by atoms with Gasteiger partial charge >= 0.3 is 0 Å². The van der Waals surface area contributed by atoms with Crippen molar-refractivity contribution in [3.63, 3.8) is 0 Å². The molecule has 4 heteroatoms. The van der Waals surface area contributed by atoms with E-state index in [1.165, 1.54) is 6.07 Å². The molecule has 110 valence electrons. The van der Waals surface area contributed by atoms with Crippen molar-refractivity contribution in [2.24, 2.45) is 0 Å². The maximum absolute atomic E-state index is 13.7. The van der Waals surface area contributed by atoms with Gasteiger partial charge in [0.1, 0.15) is 11.6 Å². The van der Waals surface area contributed by atoms with Gasteiger partial charge in [0.2, 0.25) is 0 Å². The Morgan fingerprint density at radius 2 is 1.81 bits per heavy atom. The molecule has 1 atom stereocenters. The summed E-state index contributed by atoms with van der Waals surface area (Å²) in [6.07, 6.45) is 0. The molecule has 0 aliphatic heterocycles. The molecule has 0 N–H and O–H groups in total. The normalized spacial score (nSPS) is 12.4. The molecule has 0 amide bonds. The van der Waals surface area contributed by atoms with Crippen LogP contribution in [0.15, 0.2) is 48.5 Å². The van der Waals surface area contributed by atoms with Gasteiger partial charge in [-0.1, -0.05) is 30.3 Å².